The molecule has 0 saturated carbocycles. The molecule has 0 heterocycles. The standard InChI is InChI=1S/C12H16.C6H13F.C6H9N.C2H6.C2H4.CH2O/c1-10(2)4-7-12-8-5-11(3)6-9-12;1-5(2)6(3,4)7;1-3-4-6(2)5-7;3*1-2/h5-6,8-9H,1,4,7H2,2-3H3;5H,1-4H3;2-4H2,1H3;1-2H3;1-2H2;1H2. The molecule has 2 nitrogen and oxygen atoms in total. The van der Waals surface area contributed by atoms with Crippen LogP contribution in [0.15, 0.2) is 61.7 Å². The van der Waals surface area contributed by atoms with Gasteiger partial charge >= 0.3 is 0 Å². The van der Waals surface area contributed by atoms with Crippen molar-refractivity contribution in [3.63, 3.8) is 0 Å². The number of aryl methyl sites for hydroxylation is 2. The third-order valence-corrected chi connectivity index (χ3v) is 4.04. The quantitative estimate of drug-likeness (QED) is 0.322. The van der Waals surface area contributed by atoms with E-state index >= 15 is 0 Å². The van der Waals surface area contributed by atoms with Crippen LogP contribution < -0.4 is 0 Å². The van der Waals surface area contributed by atoms with Crippen LogP contribution in [0.3, 0.4) is 0 Å². The molecule has 32 heavy (non-hydrogen) atoms. The average molecular weight is 448 g/mol. The minimum Gasteiger partial charge on any atom is -0.307 e. The van der Waals surface area contributed by atoms with Gasteiger partial charge in [-0.25, -0.2) is 4.39 Å². The molecule has 3 heteroatoms. The monoisotopic (exact) mass is 447 g/mol. The summed E-state index contributed by atoms with van der Waals surface area (Å²) in [4.78, 5) is 8.00. The summed E-state index contributed by atoms with van der Waals surface area (Å²) >= 11 is 0. The van der Waals surface area contributed by atoms with E-state index in [1.807, 2.05) is 47.5 Å². The third-order valence-electron chi connectivity index (χ3n) is 4.04. The molecule has 184 valence electrons. The average Bonchev–Trinajstić information content (AvgIpc) is 2.78. The van der Waals surface area contributed by atoms with E-state index in [0.29, 0.717) is 5.57 Å². The lowest BCUT2D eigenvalue weighted by atomic mass is 9.97. The zero-order valence-electron chi connectivity index (χ0n) is 22.5. The van der Waals surface area contributed by atoms with Gasteiger partial charge in [0.05, 0.1) is 6.07 Å². The highest BCUT2D eigenvalue weighted by Gasteiger charge is 2.19. The van der Waals surface area contributed by atoms with Crippen molar-refractivity contribution in [3.05, 3.63) is 72.9 Å². The van der Waals surface area contributed by atoms with Gasteiger partial charge in [0.25, 0.3) is 0 Å². The third kappa shape index (κ3) is 35.0. The molecule has 0 aliphatic carbocycles. The van der Waals surface area contributed by atoms with Crippen LogP contribution in [-0.2, 0) is 11.2 Å². The maximum atomic E-state index is 12.5. The molecule has 0 atom stereocenters. The van der Waals surface area contributed by atoms with E-state index < -0.39 is 5.67 Å². The number of hydrogen-bond donors (Lipinski definition) is 0. The van der Waals surface area contributed by atoms with Gasteiger partial charge in [-0.15, -0.1) is 19.7 Å². The van der Waals surface area contributed by atoms with E-state index in [2.05, 4.69) is 64.4 Å². The van der Waals surface area contributed by atoms with Crippen molar-refractivity contribution in [2.75, 3.05) is 0 Å². The molecule has 1 aromatic carbocycles. The van der Waals surface area contributed by atoms with Gasteiger partial charge in [0.1, 0.15) is 12.5 Å². The number of hydrogen-bond acceptors (Lipinski definition) is 2. The Hall–Kier alpha value is -2.47. The van der Waals surface area contributed by atoms with Crippen molar-refractivity contribution in [1.82, 2.24) is 0 Å². The predicted molar refractivity (Wildman–Crippen MR) is 144 cm³/mol. The van der Waals surface area contributed by atoms with Crippen molar-refractivity contribution < 1.29 is 9.18 Å². The highest BCUT2D eigenvalue weighted by atomic mass is 19.1. The van der Waals surface area contributed by atoms with Crippen LogP contribution >= 0.6 is 0 Å². The fraction of sp³-hybridized carbons (Fsp3) is 0.517. The number of carbonyl (C=O) groups is 1. The van der Waals surface area contributed by atoms with Gasteiger partial charge < -0.3 is 4.79 Å². The normalized spacial score (nSPS) is 8.56. The first-order chi connectivity index (χ1) is 14.9. The molecule has 1 aromatic rings. The molecule has 0 bridgehead atoms. The second kappa shape index (κ2) is 28.5. The Bertz CT molecular complexity index is 587. The van der Waals surface area contributed by atoms with Gasteiger partial charge in [0.2, 0.25) is 0 Å². The fourth-order valence-electron chi connectivity index (χ4n) is 1.47. The zero-order valence-corrected chi connectivity index (χ0v) is 22.5. The van der Waals surface area contributed by atoms with Crippen LogP contribution in [0.1, 0.15) is 85.8 Å². The summed E-state index contributed by atoms with van der Waals surface area (Å²) in [6.07, 6.45) is 4.08. The lowest BCUT2D eigenvalue weighted by Crippen LogP contribution is -2.19. The van der Waals surface area contributed by atoms with Gasteiger partial charge in [0.15, 0.2) is 0 Å². The molecule has 0 aliphatic rings. The summed E-state index contributed by atoms with van der Waals surface area (Å²) in [7, 11) is 0. The Morgan fingerprint density at radius 2 is 1.44 bits per heavy atom. The number of carbonyl (C=O) groups excluding carboxylic acids is 1. The molecule has 0 saturated heterocycles. The minimum absolute atomic E-state index is 0.132. The van der Waals surface area contributed by atoms with Crippen molar-refractivity contribution in [2.24, 2.45) is 5.92 Å². The van der Waals surface area contributed by atoms with Gasteiger partial charge in [-0.3, -0.25) is 0 Å². The summed E-state index contributed by atoms with van der Waals surface area (Å²) in [6.45, 7) is 32.6. The van der Waals surface area contributed by atoms with Gasteiger partial charge in [-0.2, -0.15) is 5.26 Å². The Balaban J connectivity index is -0.000000106. The van der Waals surface area contributed by atoms with Crippen LogP contribution in [0.5, 0.6) is 0 Å². The first kappa shape index (κ1) is 39.9. The lowest BCUT2D eigenvalue weighted by Gasteiger charge is -2.17. The number of benzene rings is 1. The SMILES string of the molecule is C=C.C=C(C#N)CCC.C=C(C)CCc1ccc(C)cc1.C=O.CC.CC(C)C(C)(C)F. The molecule has 0 fully saturated rings. The van der Waals surface area contributed by atoms with E-state index in [4.69, 9.17) is 10.1 Å². The van der Waals surface area contributed by atoms with Crippen molar-refractivity contribution >= 4 is 6.79 Å². The Morgan fingerprint density at radius 3 is 1.66 bits per heavy atom. The van der Waals surface area contributed by atoms with Crippen LogP contribution in [0.2, 0.25) is 0 Å². The summed E-state index contributed by atoms with van der Waals surface area (Å²) < 4.78 is 12.5. The van der Waals surface area contributed by atoms with Crippen LogP contribution in [0, 0.1) is 24.2 Å². The smallest absolute Gasteiger partial charge is 0.107 e. The molecular weight excluding hydrogens is 397 g/mol. The van der Waals surface area contributed by atoms with E-state index in [9.17, 15) is 4.39 Å². The molecule has 0 radical (unpaired) electrons. The summed E-state index contributed by atoms with van der Waals surface area (Å²) in [5, 5.41) is 8.12. The molecule has 1 rings (SSSR count). The summed E-state index contributed by atoms with van der Waals surface area (Å²) in [5.74, 6) is 0.132. The highest BCUT2D eigenvalue weighted by Crippen LogP contribution is 2.18. The molecular formula is C29H50FNO. The number of allylic oxidation sites excluding steroid dienone is 2. The van der Waals surface area contributed by atoms with Crippen molar-refractivity contribution in [3.8, 4) is 6.07 Å². The predicted octanol–water partition coefficient (Wildman–Crippen LogP) is 9.40. The number of halogens is 1. The molecule has 0 aliphatic heterocycles. The van der Waals surface area contributed by atoms with E-state index in [0.717, 1.165) is 25.7 Å². The molecule has 0 unspecified atom stereocenters. The van der Waals surface area contributed by atoms with Gasteiger partial charge in [0, 0.05) is 5.57 Å². The van der Waals surface area contributed by atoms with Crippen LogP contribution in [0.25, 0.3) is 0 Å². The first-order valence-electron chi connectivity index (χ1n) is 11.2. The molecule has 0 aromatic heterocycles. The maximum absolute atomic E-state index is 12.5. The maximum Gasteiger partial charge on any atom is 0.107 e. The number of nitriles is 1. The molecule has 0 spiro atoms. The van der Waals surface area contributed by atoms with E-state index in [-0.39, 0.29) is 5.92 Å². The van der Waals surface area contributed by atoms with E-state index in [1.54, 1.807) is 13.8 Å². The zero-order chi connectivity index (χ0) is 26.8. The molecule has 0 N–H and O–H groups in total. The second-order valence-corrected chi connectivity index (χ2v) is 7.63. The Labute approximate surface area is 200 Å². The Morgan fingerprint density at radius 1 is 1.06 bits per heavy atom. The van der Waals surface area contributed by atoms with Crippen LogP contribution in [-0.4, -0.2) is 12.5 Å². The summed E-state index contributed by atoms with van der Waals surface area (Å²) in [6, 6.07) is 10.7. The minimum atomic E-state index is -1.00. The fourth-order valence-corrected chi connectivity index (χ4v) is 1.47. The number of rotatable bonds is 6. The summed E-state index contributed by atoms with van der Waals surface area (Å²) in [5.41, 5.74) is 3.68. The Kier molecular flexibility index (Phi) is 35.6. The van der Waals surface area contributed by atoms with Crippen molar-refractivity contribution in [2.45, 2.75) is 93.7 Å². The number of nitrogens with zero attached hydrogens (tertiary/aromatic N) is 1. The first-order valence-corrected chi connectivity index (χ1v) is 11.2. The topological polar surface area (TPSA) is 40.9 Å². The van der Waals surface area contributed by atoms with Crippen molar-refractivity contribution in [1.29, 1.82) is 5.26 Å². The van der Waals surface area contributed by atoms with Crippen LogP contribution in [0.4, 0.5) is 4.39 Å². The van der Waals surface area contributed by atoms with Gasteiger partial charge in [-0.1, -0.05) is 83.0 Å². The van der Waals surface area contributed by atoms with Gasteiger partial charge in [-0.05, 0) is 58.4 Å². The highest BCUT2D eigenvalue weighted by molar-refractivity contribution is 5.21. The lowest BCUT2D eigenvalue weighted by molar-refractivity contribution is -0.0980. The number of alkyl halides is 1. The van der Waals surface area contributed by atoms with E-state index in [1.165, 1.54) is 16.7 Å². The molecule has 0 amide bonds. The largest absolute Gasteiger partial charge is 0.307 e. The second-order valence-electron chi connectivity index (χ2n) is 7.63.